The van der Waals surface area contributed by atoms with Crippen molar-refractivity contribution in [1.82, 2.24) is 0 Å². The number of nitrogens with zero attached hydrogens (tertiary/aromatic N) is 2. The number of nitrogens with one attached hydrogen (secondary N) is 2. The molecule has 0 aliphatic carbocycles. The Hall–Kier alpha value is -2.09. The Bertz CT molecular complexity index is 370. The minimum Gasteiger partial charge on any atom is -0.497 e. The van der Waals surface area contributed by atoms with Crippen molar-refractivity contribution in [1.29, 1.82) is 10.8 Å². The van der Waals surface area contributed by atoms with Crippen LogP contribution in [0, 0.1) is 16.9 Å². The first-order valence-electron chi connectivity index (χ1n) is 3.98. The highest BCUT2D eigenvalue weighted by Gasteiger charge is 2.02. The van der Waals surface area contributed by atoms with Gasteiger partial charge in [-0.1, -0.05) is 0 Å². The summed E-state index contributed by atoms with van der Waals surface area (Å²) in [5.41, 5.74) is 8.02. The summed E-state index contributed by atoms with van der Waals surface area (Å²) in [6.07, 6.45) is 0. The predicted octanol–water partition coefficient (Wildman–Crippen LogP) is 2.29. The normalized spacial score (nSPS) is 8.86. The first kappa shape index (κ1) is 9.99. The van der Waals surface area contributed by atoms with Gasteiger partial charge in [-0.15, -0.1) is 0 Å². The van der Waals surface area contributed by atoms with Gasteiger partial charge in [0.05, 0.1) is 18.9 Å². The standard InChI is InChI=1S/C9H10N4O/c1-14-7-2-3-8(13-11)9(6-7)12-5-4-10/h2-3,6,11-12H,5H2,1H3. The number of nitriles is 1. The molecule has 0 bridgehead atoms. The topological polar surface area (TPSA) is 81.3 Å². The van der Waals surface area contributed by atoms with Crippen molar-refractivity contribution < 1.29 is 4.74 Å². The second-order valence-electron chi connectivity index (χ2n) is 2.51. The van der Waals surface area contributed by atoms with Crippen LogP contribution in [-0.4, -0.2) is 13.7 Å². The Morgan fingerprint density at radius 2 is 2.43 bits per heavy atom. The summed E-state index contributed by atoms with van der Waals surface area (Å²) >= 11 is 0. The van der Waals surface area contributed by atoms with Crippen LogP contribution in [0.5, 0.6) is 5.75 Å². The van der Waals surface area contributed by atoms with Crippen molar-refractivity contribution in [3.8, 4) is 11.8 Å². The van der Waals surface area contributed by atoms with Crippen molar-refractivity contribution in [3.63, 3.8) is 0 Å². The van der Waals surface area contributed by atoms with Crippen LogP contribution in [0.2, 0.25) is 0 Å². The molecule has 0 heterocycles. The molecule has 0 unspecified atom stereocenters. The van der Waals surface area contributed by atoms with Crippen LogP contribution in [0.25, 0.3) is 0 Å². The zero-order valence-electron chi connectivity index (χ0n) is 7.74. The van der Waals surface area contributed by atoms with E-state index in [1.165, 1.54) is 0 Å². The average Bonchev–Trinajstić information content (AvgIpc) is 2.25. The van der Waals surface area contributed by atoms with E-state index < -0.39 is 0 Å². The first-order valence-corrected chi connectivity index (χ1v) is 3.98. The zero-order chi connectivity index (χ0) is 10.4. The van der Waals surface area contributed by atoms with E-state index in [4.69, 9.17) is 15.5 Å². The maximum Gasteiger partial charge on any atom is 0.121 e. The number of methoxy groups -OCH3 is 1. The summed E-state index contributed by atoms with van der Waals surface area (Å²) in [5.74, 6) is 0.665. The van der Waals surface area contributed by atoms with Gasteiger partial charge in [0.25, 0.3) is 0 Å². The van der Waals surface area contributed by atoms with Crippen LogP contribution in [0.15, 0.2) is 23.3 Å². The number of rotatable bonds is 4. The van der Waals surface area contributed by atoms with Crippen molar-refractivity contribution in [2.45, 2.75) is 0 Å². The van der Waals surface area contributed by atoms with Gasteiger partial charge in [0.15, 0.2) is 0 Å². The lowest BCUT2D eigenvalue weighted by Gasteiger charge is -2.07. The maximum atomic E-state index is 8.40. The monoisotopic (exact) mass is 190 g/mol. The summed E-state index contributed by atoms with van der Waals surface area (Å²) in [7, 11) is 1.56. The van der Waals surface area contributed by atoms with Crippen LogP contribution in [-0.2, 0) is 0 Å². The van der Waals surface area contributed by atoms with Crippen molar-refractivity contribution in [2.75, 3.05) is 19.0 Å². The lowest BCUT2D eigenvalue weighted by molar-refractivity contribution is 0.415. The quantitative estimate of drug-likeness (QED) is 0.564. The van der Waals surface area contributed by atoms with E-state index in [0.29, 0.717) is 17.1 Å². The molecule has 0 fully saturated rings. The van der Waals surface area contributed by atoms with Crippen LogP contribution in [0.3, 0.4) is 0 Å². The van der Waals surface area contributed by atoms with E-state index in [9.17, 15) is 0 Å². The van der Waals surface area contributed by atoms with Crippen molar-refractivity contribution >= 4 is 11.4 Å². The summed E-state index contributed by atoms with van der Waals surface area (Å²) < 4.78 is 5.01. The summed E-state index contributed by atoms with van der Waals surface area (Å²) in [6.45, 7) is 0.176. The highest BCUT2D eigenvalue weighted by molar-refractivity contribution is 5.67. The van der Waals surface area contributed by atoms with E-state index in [2.05, 4.69) is 10.4 Å². The molecular formula is C9H10N4O. The van der Waals surface area contributed by atoms with Crippen LogP contribution in [0.4, 0.5) is 11.4 Å². The van der Waals surface area contributed by atoms with Gasteiger partial charge >= 0.3 is 0 Å². The van der Waals surface area contributed by atoms with Gasteiger partial charge in [-0.25, -0.2) is 5.53 Å². The second-order valence-corrected chi connectivity index (χ2v) is 2.51. The van der Waals surface area contributed by atoms with E-state index >= 15 is 0 Å². The van der Waals surface area contributed by atoms with E-state index in [1.54, 1.807) is 25.3 Å². The third-order valence-electron chi connectivity index (χ3n) is 1.68. The molecule has 0 spiro atoms. The zero-order valence-corrected chi connectivity index (χ0v) is 7.74. The molecule has 5 heteroatoms. The van der Waals surface area contributed by atoms with Gasteiger partial charge in [0, 0.05) is 6.07 Å². The van der Waals surface area contributed by atoms with E-state index in [-0.39, 0.29) is 6.54 Å². The molecule has 0 saturated heterocycles. The molecule has 0 atom stereocenters. The summed E-state index contributed by atoms with van der Waals surface area (Å²) in [5, 5.41) is 14.6. The lowest BCUT2D eigenvalue weighted by Crippen LogP contribution is -1.98. The second kappa shape index (κ2) is 4.82. The molecule has 1 rings (SSSR count). The minimum atomic E-state index is 0.176. The lowest BCUT2D eigenvalue weighted by atomic mass is 10.2. The Kier molecular flexibility index (Phi) is 3.44. The van der Waals surface area contributed by atoms with Crippen LogP contribution >= 0.6 is 0 Å². The SMILES string of the molecule is COc1ccc(N=N)c(NCC#N)c1. The fraction of sp³-hybridized carbons (Fsp3) is 0.222. The fourth-order valence-electron chi connectivity index (χ4n) is 1.02. The number of hydrogen-bond donors (Lipinski definition) is 2. The van der Waals surface area contributed by atoms with Crippen LogP contribution < -0.4 is 10.1 Å². The van der Waals surface area contributed by atoms with Gasteiger partial charge in [-0.3, -0.25) is 0 Å². The Morgan fingerprint density at radius 1 is 1.64 bits per heavy atom. The predicted molar refractivity (Wildman–Crippen MR) is 51.9 cm³/mol. The van der Waals surface area contributed by atoms with Gasteiger partial charge in [0.1, 0.15) is 18.0 Å². The summed E-state index contributed by atoms with van der Waals surface area (Å²) in [4.78, 5) is 0. The Morgan fingerprint density at radius 3 is 3.00 bits per heavy atom. The molecule has 72 valence electrons. The van der Waals surface area contributed by atoms with Gasteiger partial charge in [-0.2, -0.15) is 10.4 Å². The Balaban J connectivity index is 2.97. The molecule has 0 saturated carbocycles. The van der Waals surface area contributed by atoms with E-state index in [0.717, 1.165) is 0 Å². The third kappa shape index (κ3) is 2.20. The van der Waals surface area contributed by atoms with Gasteiger partial charge < -0.3 is 10.1 Å². The smallest absolute Gasteiger partial charge is 0.121 e. The molecular weight excluding hydrogens is 180 g/mol. The van der Waals surface area contributed by atoms with Gasteiger partial charge in [-0.05, 0) is 12.1 Å². The van der Waals surface area contributed by atoms with Gasteiger partial charge in [0.2, 0.25) is 0 Å². The van der Waals surface area contributed by atoms with Crippen LogP contribution in [0.1, 0.15) is 0 Å². The largest absolute Gasteiger partial charge is 0.497 e. The molecule has 0 amide bonds. The molecule has 0 aliphatic rings. The molecule has 0 aromatic heterocycles. The molecule has 0 aliphatic heterocycles. The molecule has 0 radical (unpaired) electrons. The molecule has 5 nitrogen and oxygen atoms in total. The molecule has 14 heavy (non-hydrogen) atoms. The maximum absolute atomic E-state index is 8.40. The molecule has 2 N–H and O–H groups in total. The summed E-state index contributed by atoms with van der Waals surface area (Å²) in [6, 6.07) is 7.02. The third-order valence-corrected chi connectivity index (χ3v) is 1.68. The number of benzene rings is 1. The highest BCUT2D eigenvalue weighted by atomic mass is 16.5. The highest BCUT2D eigenvalue weighted by Crippen LogP contribution is 2.28. The first-order chi connectivity index (χ1) is 6.81. The van der Waals surface area contributed by atoms with E-state index in [1.807, 2.05) is 6.07 Å². The number of ether oxygens (including phenoxy) is 1. The molecule has 1 aromatic carbocycles. The minimum absolute atomic E-state index is 0.176. The van der Waals surface area contributed by atoms with Crippen molar-refractivity contribution in [3.05, 3.63) is 18.2 Å². The van der Waals surface area contributed by atoms with Crippen molar-refractivity contribution in [2.24, 2.45) is 5.11 Å². The average molecular weight is 190 g/mol. The molecule has 1 aromatic rings. The fourth-order valence-corrected chi connectivity index (χ4v) is 1.02. The number of hydrogen-bond acceptors (Lipinski definition) is 5. The number of anilines is 1. The Labute approximate surface area is 81.8 Å².